The summed E-state index contributed by atoms with van der Waals surface area (Å²) in [6.07, 6.45) is 102. The van der Waals surface area contributed by atoms with Gasteiger partial charge in [0.2, 0.25) is 5.91 Å². The fraction of sp³-hybridized carbons (Fsp3) is 0.952. The fourth-order valence-electron chi connectivity index (χ4n) is 13.7. The van der Waals surface area contributed by atoms with Gasteiger partial charge in [-0.25, -0.2) is 0 Å². The fourth-order valence-corrected chi connectivity index (χ4v) is 13.7. The molecule has 3 N–H and O–H groups in total. The van der Waals surface area contributed by atoms with Crippen LogP contribution in [0.4, 0.5) is 0 Å². The second-order valence-corrected chi connectivity index (χ2v) is 29.2. The molecule has 2 atom stereocenters. The van der Waals surface area contributed by atoms with Gasteiger partial charge in [-0.1, -0.05) is 437 Å². The number of hydrogen-bond acceptors (Lipinski definition) is 5. The van der Waals surface area contributed by atoms with Crippen LogP contribution < -0.4 is 5.32 Å². The summed E-state index contributed by atoms with van der Waals surface area (Å²) in [6.45, 7) is 5.02. The summed E-state index contributed by atoms with van der Waals surface area (Å²) in [4.78, 5) is 24.7. The van der Waals surface area contributed by atoms with Crippen molar-refractivity contribution < 1.29 is 24.5 Å². The molecule has 2 unspecified atom stereocenters. The number of carbonyl (C=O) groups excluding carboxylic acids is 2. The Labute approximate surface area is 565 Å². The maximum absolute atomic E-state index is 12.6. The first-order valence-electron chi connectivity index (χ1n) is 41.9. The number of nitrogens with one attached hydrogen (secondary N) is 1. The number of amides is 1. The van der Waals surface area contributed by atoms with Crippen LogP contribution in [-0.2, 0) is 14.3 Å². The SMILES string of the molecule is CCCCCCCCCCCCCCCCCCCCCCCCCC(O)C(CO)NC(=O)CCCCCCCCCCCCCCCCCC/C=C\CCCCCCCCCCCCCCOC(=O)CCCCCCCCCCCCCCCCCCCC. The van der Waals surface area contributed by atoms with Gasteiger partial charge >= 0.3 is 5.97 Å². The maximum atomic E-state index is 12.6. The first kappa shape index (κ1) is 88.6. The summed E-state index contributed by atoms with van der Waals surface area (Å²) in [5, 5.41) is 23.5. The molecule has 0 heterocycles. The van der Waals surface area contributed by atoms with Gasteiger partial charge in [0.25, 0.3) is 0 Å². The Balaban J connectivity index is 3.34. The van der Waals surface area contributed by atoms with E-state index in [4.69, 9.17) is 4.74 Å². The van der Waals surface area contributed by atoms with Gasteiger partial charge in [0.1, 0.15) is 0 Å². The van der Waals surface area contributed by atoms with E-state index in [9.17, 15) is 19.8 Å². The van der Waals surface area contributed by atoms with Crippen LogP contribution in [-0.4, -0.2) is 47.4 Å². The molecule has 6 heteroatoms. The molecule has 0 bridgehead atoms. The Bertz CT molecular complexity index is 1370. The molecule has 6 nitrogen and oxygen atoms in total. The third kappa shape index (κ3) is 75.6. The van der Waals surface area contributed by atoms with Crippen LogP contribution in [0.2, 0.25) is 0 Å². The number of allylic oxidation sites excluding steroid dienone is 2. The summed E-state index contributed by atoms with van der Waals surface area (Å²) < 4.78 is 5.52. The summed E-state index contributed by atoms with van der Waals surface area (Å²) in [5.74, 6) is -0.00190. The third-order valence-corrected chi connectivity index (χ3v) is 20.1. The number of rotatable bonds is 80. The molecule has 90 heavy (non-hydrogen) atoms. The van der Waals surface area contributed by atoms with Crippen molar-refractivity contribution in [3.63, 3.8) is 0 Å². The standard InChI is InChI=1S/C84H165NO5/c1-3-5-7-9-11-13-15-17-19-21-23-24-35-38-41-44-48-52-56-60-64-68-72-76-82(87)81(80-86)85-83(88)77-73-69-65-61-57-53-49-45-42-39-36-33-31-29-27-25-26-28-30-32-34-37-40-43-47-51-55-59-63-67-71-75-79-90-84(89)78-74-70-66-62-58-54-50-46-22-20-18-16-14-12-10-8-6-4-2/h28,30,81-82,86-87H,3-27,29,31-80H2,1-2H3,(H,85,88)/b30-28-. The second kappa shape index (κ2) is 80.0. The Morgan fingerprint density at radius 2 is 0.522 bits per heavy atom. The number of hydrogen-bond donors (Lipinski definition) is 3. The van der Waals surface area contributed by atoms with E-state index in [1.54, 1.807) is 0 Å². The van der Waals surface area contributed by atoms with Crippen molar-refractivity contribution in [2.45, 2.75) is 501 Å². The largest absolute Gasteiger partial charge is 0.466 e. The van der Waals surface area contributed by atoms with Crippen molar-refractivity contribution in [1.29, 1.82) is 0 Å². The van der Waals surface area contributed by atoms with Gasteiger partial charge in [-0.2, -0.15) is 0 Å². The summed E-state index contributed by atoms with van der Waals surface area (Å²) in [7, 11) is 0. The minimum absolute atomic E-state index is 0.0241. The molecule has 536 valence electrons. The van der Waals surface area contributed by atoms with Gasteiger partial charge in [-0.3, -0.25) is 9.59 Å². The van der Waals surface area contributed by atoms with E-state index in [1.807, 2.05) is 0 Å². The topological polar surface area (TPSA) is 95.9 Å². The molecular formula is C84H165NO5. The lowest BCUT2D eigenvalue weighted by atomic mass is 10.0. The predicted molar refractivity (Wildman–Crippen MR) is 398 cm³/mol. The highest BCUT2D eigenvalue weighted by molar-refractivity contribution is 5.76. The molecule has 0 aromatic heterocycles. The summed E-state index contributed by atoms with van der Waals surface area (Å²) in [5.41, 5.74) is 0. The minimum atomic E-state index is -0.663. The molecule has 0 fully saturated rings. The molecule has 0 saturated carbocycles. The molecule has 0 aromatic carbocycles. The lowest BCUT2D eigenvalue weighted by Gasteiger charge is -2.22. The van der Waals surface area contributed by atoms with Crippen LogP contribution in [0.15, 0.2) is 12.2 Å². The molecule has 0 aliphatic rings. The van der Waals surface area contributed by atoms with Crippen LogP contribution in [0, 0.1) is 0 Å². The molecule has 0 spiro atoms. The van der Waals surface area contributed by atoms with Crippen molar-refractivity contribution in [3.8, 4) is 0 Å². The first-order valence-corrected chi connectivity index (χ1v) is 41.9. The Morgan fingerprint density at radius 3 is 0.789 bits per heavy atom. The molecule has 0 saturated heterocycles. The molecule has 1 amide bonds. The normalized spacial score (nSPS) is 12.4. The van der Waals surface area contributed by atoms with Crippen molar-refractivity contribution in [2.24, 2.45) is 0 Å². The van der Waals surface area contributed by atoms with Crippen LogP contribution in [0.1, 0.15) is 489 Å². The van der Waals surface area contributed by atoms with Gasteiger partial charge in [0, 0.05) is 12.8 Å². The van der Waals surface area contributed by atoms with E-state index < -0.39 is 12.1 Å². The van der Waals surface area contributed by atoms with E-state index >= 15 is 0 Å². The van der Waals surface area contributed by atoms with Crippen LogP contribution in [0.3, 0.4) is 0 Å². The zero-order valence-corrected chi connectivity index (χ0v) is 61.7. The first-order chi connectivity index (χ1) is 44.5. The zero-order chi connectivity index (χ0) is 64.9. The average molecular weight is 1270 g/mol. The molecular weight excluding hydrogens is 1100 g/mol. The number of esters is 1. The van der Waals surface area contributed by atoms with Gasteiger partial charge in [0.15, 0.2) is 0 Å². The van der Waals surface area contributed by atoms with Gasteiger partial charge < -0.3 is 20.3 Å². The van der Waals surface area contributed by atoms with E-state index in [-0.39, 0.29) is 18.5 Å². The number of carbonyl (C=O) groups is 2. The Morgan fingerprint density at radius 1 is 0.300 bits per heavy atom. The molecule has 0 rings (SSSR count). The average Bonchev–Trinajstić information content (AvgIpc) is 3.69. The van der Waals surface area contributed by atoms with Crippen LogP contribution >= 0.6 is 0 Å². The van der Waals surface area contributed by atoms with E-state index in [1.165, 1.54) is 417 Å². The monoisotopic (exact) mass is 1270 g/mol. The van der Waals surface area contributed by atoms with Gasteiger partial charge in [0.05, 0.1) is 25.4 Å². The summed E-state index contributed by atoms with van der Waals surface area (Å²) in [6, 6.07) is -0.540. The molecule has 0 aliphatic carbocycles. The quantitative estimate of drug-likeness (QED) is 0.0320. The van der Waals surface area contributed by atoms with Crippen molar-refractivity contribution >= 4 is 11.9 Å². The van der Waals surface area contributed by atoms with E-state index in [0.717, 1.165) is 38.5 Å². The van der Waals surface area contributed by atoms with Gasteiger partial charge in [-0.05, 0) is 51.4 Å². The van der Waals surface area contributed by atoms with Crippen molar-refractivity contribution in [2.75, 3.05) is 13.2 Å². The maximum Gasteiger partial charge on any atom is 0.305 e. The van der Waals surface area contributed by atoms with Gasteiger partial charge in [-0.15, -0.1) is 0 Å². The van der Waals surface area contributed by atoms with Crippen molar-refractivity contribution in [1.82, 2.24) is 5.32 Å². The third-order valence-electron chi connectivity index (χ3n) is 20.1. The lowest BCUT2D eigenvalue weighted by molar-refractivity contribution is -0.143. The van der Waals surface area contributed by atoms with Crippen molar-refractivity contribution in [3.05, 3.63) is 12.2 Å². The lowest BCUT2D eigenvalue weighted by Crippen LogP contribution is -2.45. The summed E-state index contributed by atoms with van der Waals surface area (Å²) >= 11 is 0. The highest BCUT2D eigenvalue weighted by Gasteiger charge is 2.20. The smallest absolute Gasteiger partial charge is 0.305 e. The van der Waals surface area contributed by atoms with Crippen LogP contribution in [0.5, 0.6) is 0 Å². The number of aliphatic hydroxyl groups is 2. The highest BCUT2D eigenvalue weighted by Crippen LogP contribution is 2.21. The van der Waals surface area contributed by atoms with E-state index in [2.05, 4.69) is 31.3 Å². The number of aliphatic hydroxyl groups excluding tert-OH is 2. The van der Waals surface area contributed by atoms with E-state index in [0.29, 0.717) is 25.9 Å². The number of unbranched alkanes of at least 4 members (excludes halogenated alkanes) is 67. The minimum Gasteiger partial charge on any atom is -0.466 e. The molecule has 0 radical (unpaired) electrons. The zero-order valence-electron chi connectivity index (χ0n) is 61.7. The molecule has 0 aliphatic heterocycles. The number of ether oxygens (including phenoxy) is 1. The molecule has 0 aromatic rings. The highest BCUT2D eigenvalue weighted by atomic mass is 16.5. The Kier molecular flexibility index (Phi) is 78.8. The second-order valence-electron chi connectivity index (χ2n) is 29.2. The van der Waals surface area contributed by atoms with Crippen LogP contribution in [0.25, 0.3) is 0 Å². The predicted octanol–water partition coefficient (Wildman–Crippen LogP) is 27.8. The Hall–Kier alpha value is -1.40.